The molecule has 0 heterocycles. The van der Waals surface area contributed by atoms with Crippen LogP contribution in [-0.2, 0) is 47.9 Å². The Balaban J connectivity index is 6.09. The standard InChI is InChI=1S/C40H73N13O13/c1-8-10-24(49-34(61)25(12-13-30(57)58)48-33(60)23(41)18-54)35(62)52-31(21(4)5)38(65)47-22(6)32(59)50-26(17-20(2)3)36(63)51-27(19-55)39(66)53(7)28(11-9-15-46-40(43)44)37(64)45-16-14-29(42)56/h20-28,31,54-55H,8-19,41H2,1-7H3,(H2,42,56)(H,45,64)(H,47,65)(H,48,60)(H,49,61)(H,50,59)(H,51,63)(H,52,62)(H,57,58)(H4,43,44,46)/t22-,23+,24-,25-,26-,27-,28-,31-/m0/s1. The second kappa shape index (κ2) is 30.9. The van der Waals surface area contributed by atoms with Crippen molar-refractivity contribution in [1.29, 1.82) is 0 Å². The molecule has 376 valence electrons. The lowest BCUT2D eigenvalue weighted by molar-refractivity contribution is -0.143. The van der Waals surface area contributed by atoms with Crippen LogP contribution < -0.4 is 60.2 Å². The molecule has 0 aliphatic heterocycles. The summed E-state index contributed by atoms with van der Waals surface area (Å²) in [6.45, 7) is 8.10. The molecule has 0 aliphatic carbocycles. The number of hydrogen-bond acceptors (Lipinski definition) is 14. The molecule has 0 bridgehead atoms. The van der Waals surface area contributed by atoms with Crippen LogP contribution in [0.5, 0.6) is 0 Å². The number of aliphatic hydroxyl groups is 2. The molecule has 0 rings (SSSR count). The Morgan fingerprint density at radius 2 is 1.18 bits per heavy atom. The molecule has 0 unspecified atom stereocenters. The second-order valence-electron chi connectivity index (χ2n) is 16.4. The van der Waals surface area contributed by atoms with Crippen LogP contribution >= 0.6 is 0 Å². The van der Waals surface area contributed by atoms with E-state index in [1.54, 1.807) is 34.6 Å². The van der Waals surface area contributed by atoms with Gasteiger partial charge in [0.25, 0.3) is 0 Å². The molecule has 18 N–H and O–H groups in total. The van der Waals surface area contributed by atoms with Gasteiger partial charge >= 0.3 is 5.97 Å². The average molecular weight is 944 g/mol. The fraction of sp³-hybridized carbons (Fsp3) is 0.725. The van der Waals surface area contributed by atoms with Crippen molar-refractivity contribution < 1.29 is 63.3 Å². The first-order valence-corrected chi connectivity index (χ1v) is 21.7. The number of carbonyl (C=O) groups excluding carboxylic acids is 9. The Hall–Kier alpha value is -6.15. The number of nitrogens with zero attached hydrogens (tertiary/aromatic N) is 2. The summed E-state index contributed by atoms with van der Waals surface area (Å²) in [4.78, 5) is 134. The van der Waals surface area contributed by atoms with Crippen molar-refractivity contribution in [2.45, 2.75) is 141 Å². The maximum Gasteiger partial charge on any atom is 0.303 e. The van der Waals surface area contributed by atoms with Gasteiger partial charge in [0.15, 0.2) is 5.96 Å². The van der Waals surface area contributed by atoms with Gasteiger partial charge in [0, 0.05) is 33.0 Å². The van der Waals surface area contributed by atoms with Crippen LogP contribution in [-0.4, -0.2) is 167 Å². The summed E-state index contributed by atoms with van der Waals surface area (Å²) in [5, 5.41) is 45.9. The van der Waals surface area contributed by atoms with Gasteiger partial charge in [-0.05, 0) is 50.9 Å². The van der Waals surface area contributed by atoms with Crippen LogP contribution in [0.1, 0.15) is 92.9 Å². The number of aliphatic imine (C=N–C) groups is 1. The van der Waals surface area contributed by atoms with Crippen LogP contribution in [0.2, 0.25) is 0 Å². The fourth-order valence-electron chi connectivity index (χ4n) is 6.16. The van der Waals surface area contributed by atoms with E-state index < -0.39 is 133 Å². The van der Waals surface area contributed by atoms with Gasteiger partial charge in [-0.1, -0.05) is 41.0 Å². The van der Waals surface area contributed by atoms with Crippen LogP contribution in [0.4, 0.5) is 0 Å². The summed E-state index contributed by atoms with van der Waals surface area (Å²) < 4.78 is 0. The van der Waals surface area contributed by atoms with E-state index in [9.17, 15) is 58.2 Å². The molecule has 0 saturated carbocycles. The smallest absolute Gasteiger partial charge is 0.303 e. The van der Waals surface area contributed by atoms with E-state index in [0.29, 0.717) is 6.42 Å². The van der Waals surface area contributed by atoms with Crippen LogP contribution in [0.15, 0.2) is 4.99 Å². The van der Waals surface area contributed by atoms with E-state index in [0.717, 1.165) is 4.90 Å². The van der Waals surface area contributed by atoms with Crippen molar-refractivity contribution in [3.8, 4) is 0 Å². The van der Waals surface area contributed by atoms with Crippen LogP contribution in [0.25, 0.3) is 0 Å². The lowest BCUT2D eigenvalue weighted by Gasteiger charge is -2.31. The van der Waals surface area contributed by atoms with Crippen LogP contribution in [0.3, 0.4) is 0 Å². The molecule has 0 spiro atoms. The Kier molecular flexibility index (Phi) is 28.0. The van der Waals surface area contributed by atoms with Gasteiger partial charge in [-0.15, -0.1) is 0 Å². The molecule has 0 aromatic heterocycles. The highest BCUT2D eigenvalue weighted by Crippen LogP contribution is 2.12. The quantitative estimate of drug-likeness (QED) is 0.0170. The topological polar surface area (TPSA) is 435 Å². The van der Waals surface area contributed by atoms with Crippen molar-refractivity contribution in [2.75, 3.05) is 33.4 Å². The number of aliphatic hydroxyl groups excluding tert-OH is 2. The maximum absolute atomic E-state index is 13.7. The van der Waals surface area contributed by atoms with Gasteiger partial charge in [-0.3, -0.25) is 52.9 Å². The zero-order valence-electron chi connectivity index (χ0n) is 38.9. The number of guanidine groups is 1. The van der Waals surface area contributed by atoms with E-state index in [4.69, 9.17) is 28.0 Å². The Bertz CT molecular complexity index is 1690. The molecule has 0 aliphatic rings. The number of carbonyl (C=O) groups is 10. The predicted molar refractivity (Wildman–Crippen MR) is 239 cm³/mol. The SMILES string of the molecule is CCC[C@H](NC(=O)[C@H](CCC(=O)O)NC(=O)[C@H](N)CO)C(=O)N[C@H](C(=O)N[C@@H](C)C(=O)N[C@@H](CC(C)C)C(=O)N[C@@H](CO)C(=O)N(C)[C@@H](CCCN=C(N)N)C(=O)NCCC(N)=O)C(C)C. The molecule has 0 aromatic rings. The van der Waals surface area contributed by atoms with Crippen molar-refractivity contribution >= 4 is 65.1 Å². The van der Waals surface area contributed by atoms with E-state index in [-0.39, 0.29) is 63.5 Å². The molecule has 8 atom stereocenters. The third kappa shape index (κ3) is 22.7. The molecular weight excluding hydrogens is 871 g/mol. The molecule has 0 saturated heterocycles. The lowest BCUT2D eigenvalue weighted by atomic mass is 10.0. The van der Waals surface area contributed by atoms with Crippen molar-refractivity contribution in [1.82, 2.24) is 42.1 Å². The number of aliphatic carboxylic acids is 1. The van der Waals surface area contributed by atoms with E-state index >= 15 is 0 Å². The van der Waals surface area contributed by atoms with Crippen molar-refractivity contribution in [3.63, 3.8) is 0 Å². The first-order valence-electron chi connectivity index (χ1n) is 21.7. The summed E-state index contributed by atoms with van der Waals surface area (Å²) in [7, 11) is 1.28. The van der Waals surface area contributed by atoms with Gasteiger partial charge in [-0.2, -0.15) is 0 Å². The number of likely N-dealkylation sites (N-methyl/N-ethyl adjacent to an activating group) is 1. The summed E-state index contributed by atoms with van der Waals surface area (Å²) in [6, 6.07) is -10.7. The van der Waals surface area contributed by atoms with Crippen LogP contribution in [0, 0.1) is 11.8 Å². The van der Waals surface area contributed by atoms with E-state index in [1.165, 1.54) is 14.0 Å². The predicted octanol–water partition coefficient (Wildman–Crippen LogP) is -5.53. The summed E-state index contributed by atoms with van der Waals surface area (Å²) in [5.74, 6) is -9.58. The first-order chi connectivity index (χ1) is 30.8. The Morgan fingerprint density at radius 3 is 1.70 bits per heavy atom. The second-order valence-corrected chi connectivity index (χ2v) is 16.4. The number of carboxylic acid groups (broad SMARTS) is 1. The summed E-state index contributed by atoms with van der Waals surface area (Å²) in [6.07, 6.45) is -0.323. The molecular formula is C40H73N13O13. The minimum Gasteiger partial charge on any atom is -0.481 e. The molecule has 26 heteroatoms. The van der Waals surface area contributed by atoms with E-state index in [1.807, 2.05) is 0 Å². The highest BCUT2D eigenvalue weighted by molar-refractivity contribution is 5.98. The number of nitrogens with two attached hydrogens (primary N) is 4. The first kappa shape index (κ1) is 59.8. The lowest BCUT2D eigenvalue weighted by Crippen LogP contribution is -2.61. The third-order valence-corrected chi connectivity index (χ3v) is 9.88. The molecule has 26 nitrogen and oxygen atoms in total. The van der Waals surface area contributed by atoms with Gasteiger partial charge in [0.2, 0.25) is 53.2 Å². The zero-order valence-corrected chi connectivity index (χ0v) is 38.9. The van der Waals surface area contributed by atoms with Gasteiger partial charge in [-0.25, -0.2) is 0 Å². The van der Waals surface area contributed by atoms with Gasteiger partial charge < -0.3 is 80.4 Å². The van der Waals surface area contributed by atoms with E-state index in [2.05, 4.69) is 42.2 Å². The van der Waals surface area contributed by atoms with Gasteiger partial charge in [0.1, 0.15) is 48.3 Å². The van der Waals surface area contributed by atoms with Crippen molar-refractivity contribution in [2.24, 2.45) is 39.8 Å². The Morgan fingerprint density at radius 1 is 0.636 bits per heavy atom. The molecule has 0 aromatic carbocycles. The molecule has 9 amide bonds. The average Bonchev–Trinajstić information content (AvgIpc) is 3.23. The fourth-order valence-corrected chi connectivity index (χ4v) is 6.16. The number of carboxylic acids is 1. The maximum atomic E-state index is 13.7. The van der Waals surface area contributed by atoms with Gasteiger partial charge in [0.05, 0.1) is 13.2 Å². The summed E-state index contributed by atoms with van der Waals surface area (Å²) >= 11 is 0. The number of nitrogens with one attached hydrogen (secondary N) is 7. The number of amides is 9. The summed E-state index contributed by atoms with van der Waals surface area (Å²) in [5.41, 5.74) is 21.5. The normalized spacial score (nSPS) is 14.7. The number of hydrogen-bond donors (Lipinski definition) is 14. The highest BCUT2D eigenvalue weighted by atomic mass is 16.4. The minimum absolute atomic E-state index is 0.0421. The molecule has 0 fully saturated rings. The largest absolute Gasteiger partial charge is 0.481 e. The zero-order chi connectivity index (χ0) is 50.8. The molecule has 0 radical (unpaired) electrons. The Labute approximate surface area is 384 Å². The highest BCUT2D eigenvalue weighted by Gasteiger charge is 2.36. The number of primary amides is 1. The third-order valence-electron chi connectivity index (χ3n) is 9.88. The monoisotopic (exact) mass is 944 g/mol. The number of rotatable bonds is 32. The molecule has 66 heavy (non-hydrogen) atoms. The van der Waals surface area contributed by atoms with Crippen molar-refractivity contribution in [3.05, 3.63) is 0 Å². The minimum atomic E-state index is -1.58.